The lowest BCUT2D eigenvalue weighted by molar-refractivity contribution is -0.151. The van der Waals surface area contributed by atoms with Gasteiger partial charge in [-0.3, -0.25) is 4.79 Å². The van der Waals surface area contributed by atoms with Crippen LogP contribution in [0, 0.1) is 0 Å². The molecule has 1 unspecified atom stereocenters. The minimum absolute atomic E-state index is 0.102. The summed E-state index contributed by atoms with van der Waals surface area (Å²) in [4.78, 5) is 22.1. The van der Waals surface area contributed by atoms with E-state index in [0.717, 1.165) is 6.42 Å². The molecule has 5 nitrogen and oxygen atoms in total. The molecule has 3 atom stereocenters. The Hall–Kier alpha value is -1.10. The Bertz CT molecular complexity index is 254. The third kappa shape index (κ3) is 3.20. The highest BCUT2D eigenvalue weighted by Gasteiger charge is 2.34. The van der Waals surface area contributed by atoms with E-state index in [1.165, 1.54) is 0 Å². The van der Waals surface area contributed by atoms with Crippen molar-refractivity contribution in [3.63, 3.8) is 0 Å². The molecule has 1 heterocycles. The van der Waals surface area contributed by atoms with Gasteiger partial charge in [0.15, 0.2) is 6.10 Å². The largest absolute Gasteiger partial charge is 0.479 e. The Balaban J connectivity index is 2.40. The van der Waals surface area contributed by atoms with E-state index in [9.17, 15) is 9.59 Å². The number of amides is 1. The highest BCUT2D eigenvalue weighted by atomic mass is 16.5. The van der Waals surface area contributed by atoms with Gasteiger partial charge in [-0.05, 0) is 26.2 Å². The molecular weight excluding hydrogens is 198 g/mol. The molecule has 5 heteroatoms. The van der Waals surface area contributed by atoms with Crippen LogP contribution in [0.5, 0.6) is 0 Å². The summed E-state index contributed by atoms with van der Waals surface area (Å²) in [6.45, 7) is 3.88. The third-order valence-corrected chi connectivity index (χ3v) is 2.59. The molecule has 0 spiro atoms. The van der Waals surface area contributed by atoms with Crippen LogP contribution in [0.15, 0.2) is 0 Å². The molecule has 2 N–H and O–H groups in total. The summed E-state index contributed by atoms with van der Waals surface area (Å²) in [6, 6.07) is 0.102. The van der Waals surface area contributed by atoms with E-state index in [1.807, 2.05) is 13.8 Å². The van der Waals surface area contributed by atoms with E-state index < -0.39 is 18.2 Å². The van der Waals surface area contributed by atoms with E-state index in [1.54, 1.807) is 0 Å². The average molecular weight is 215 g/mol. The number of hydrogen-bond donors (Lipinski definition) is 2. The molecule has 0 radical (unpaired) electrons. The second kappa shape index (κ2) is 5.11. The van der Waals surface area contributed by atoms with Crippen LogP contribution in [0.3, 0.4) is 0 Å². The van der Waals surface area contributed by atoms with Gasteiger partial charge in [-0.1, -0.05) is 6.92 Å². The maximum absolute atomic E-state index is 11.6. The lowest BCUT2D eigenvalue weighted by Gasteiger charge is -2.15. The number of carboxylic acids is 1. The summed E-state index contributed by atoms with van der Waals surface area (Å²) in [6.07, 6.45) is 0.325. The molecule has 0 bridgehead atoms. The molecule has 0 aliphatic carbocycles. The van der Waals surface area contributed by atoms with Crippen molar-refractivity contribution < 1.29 is 19.4 Å². The molecule has 0 aromatic carbocycles. The lowest BCUT2D eigenvalue weighted by atomic mass is 10.1. The first kappa shape index (κ1) is 12.0. The molecule has 1 amide bonds. The van der Waals surface area contributed by atoms with E-state index in [2.05, 4.69) is 5.32 Å². The van der Waals surface area contributed by atoms with Crippen molar-refractivity contribution in [2.45, 2.75) is 51.4 Å². The smallest absolute Gasteiger partial charge is 0.332 e. The van der Waals surface area contributed by atoms with Crippen LogP contribution < -0.4 is 5.32 Å². The summed E-state index contributed by atoms with van der Waals surface area (Å²) < 4.78 is 5.12. The van der Waals surface area contributed by atoms with Gasteiger partial charge in [-0.15, -0.1) is 0 Å². The van der Waals surface area contributed by atoms with Crippen molar-refractivity contribution in [3.05, 3.63) is 0 Å². The Kier molecular flexibility index (Phi) is 4.08. The summed E-state index contributed by atoms with van der Waals surface area (Å²) in [5.41, 5.74) is 0. The predicted molar refractivity (Wildman–Crippen MR) is 53.4 cm³/mol. The zero-order valence-electron chi connectivity index (χ0n) is 9.03. The maximum Gasteiger partial charge on any atom is 0.332 e. The van der Waals surface area contributed by atoms with Crippen LogP contribution in [0.2, 0.25) is 0 Å². The van der Waals surface area contributed by atoms with Gasteiger partial charge in [0.1, 0.15) is 6.10 Å². The molecule has 1 fully saturated rings. The summed E-state index contributed by atoms with van der Waals surface area (Å²) in [5.74, 6) is -1.19. The highest BCUT2D eigenvalue weighted by molar-refractivity contribution is 5.82. The highest BCUT2D eigenvalue weighted by Crippen LogP contribution is 2.20. The van der Waals surface area contributed by atoms with Gasteiger partial charge in [-0.25, -0.2) is 4.79 Å². The zero-order valence-corrected chi connectivity index (χ0v) is 9.03. The van der Waals surface area contributed by atoms with Gasteiger partial charge in [0, 0.05) is 6.04 Å². The van der Waals surface area contributed by atoms with Crippen LogP contribution in [-0.2, 0) is 14.3 Å². The minimum Gasteiger partial charge on any atom is -0.479 e. The number of aliphatic carboxylic acids is 1. The maximum atomic E-state index is 11.6. The van der Waals surface area contributed by atoms with Crippen molar-refractivity contribution in [1.29, 1.82) is 0 Å². The van der Waals surface area contributed by atoms with Crippen LogP contribution >= 0.6 is 0 Å². The Labute approximate surface area is 88.8 Å². The van der Waals surface area contributed by atoms with Crippen LogP contribution in [-0.4, -0.2) is 35.2 Å². The molecule has 0 aromatic heterocycles. The molecule has 1 aliphatic heterocycles. The van der Waals surface area contributed by atoms with Crippen molar-refractivity contribution in [2.75, 3.05) is 0 Å². The normalized spacial score (nSPS) is 27.3. The first-order valence-electron chi connectivity index (χ1n) is 5.23. The Morgan fingerprint density at radius 3 is 2.53 bits per heavy atom. The van der Waals surface area contributed by atoms with Gasteiger partial charge < -0.3 is 15.2 Å². The number of carbonyl (C=O) groups is 2. The fourth-order valence-electron chi connectivity index (χ4n) is 1.45. The topological polar surface area (TPSA) is 75.6 Å². The summed E-state index contributed by atoms with van der Waals surface area (Å²) >= 11 is 0. The third-order valence-electron chi connectivity index (χ3n) is 2.59. The standard InChI is InChI=1S/C10H17NO4/c1-3-6(2)11-9(12)7-4-5-8(15-7)10(13)14/h6-8H,3-5H2,1-2H3,(H,11,12)(H,13,14)/t6?,7-,8+/m0/s1. The first-order valence-corrected chi connectivity index (χ1v) is 5.23. The molecule has 86 valence electrons. The van der Waals surface area contributed by atoms with Crippen molar-refractivity contribution >= 4 is 11.9 Å². The number of nitrogens with one attached hydrogen (secondary N) is 1. The number of rotatable bonds is 4. The van der Waals surface area contributed by atoms with Crippen LogP contribution in [0.4, 0.5) is 0 Å². The van der Waals surface area contributed by atoms with Gasteiger partial charge in [0.05, 0.1) is 0 Å². The van der Waals surface area contributed by atoms with Gasteiger partial charge in [-0.2, -0.15) is 0 Å². The molecule has 0 aromatic rings. The fraction of sp³-hybridized carbons (Fsp3) is 0.800. The molecule has 15 heavy (non-hydrogen) atoms. The molecular formula is C10H17NO4. The number of carbonyl (C=O) groups excluding carboxylic acids is 1. The van der Waals surface area contributed by atoms with Crippen LogP contribution in [0.1, 0.15) is 33.1 Å². The Morgan fingerprint density at radius 1 is 1.47 bits per heavy atom. The zero-order chi connectivity index (χ0) is 11.4. The van der Waals surface area contributed by atoms with E-state index in [0.29, 0.717) is 12.8 Å². The molecule has 1 rings (SSSR count). The molecule has 1 saturated heterocycles. The second-order valence-electron chi connectivity index (χ2n) is 3.85. The van der Waals surface area contributed by atoms with Crippen molar-refractivity contribution in [2.24, 2.45) is 0 Å². The van der Waals surface area contributed by atoms with Gasteiger partial charge in [0.2, 0.25) is 5.91 Å². The van der Waals surface area contributed by atoms with Gasteiger partial charge >= 0.3 is 5.97 Å². The minimum atomic E-state index is -0.992. The summed E-state index contributed by atoms with van der Waals surface area (Å²) in [5, 5.41) is 11.5. The fourth-order valence-corrected chi connectivity index (χ4v) is 1.45. The van der Waals surface area contributed by atoms with E-state index in [4.69, 9.17) is 9.84 Å². The average Bonchev–Trinajstić information content (AvgIpc) is 2.66. The van der Waals surface area contributed by atoms with Gasteiger partial charge in [0.25, 0.3) is 0 Å². The van der Waals surface area contributed by atoms with Crippen molar-refractivity contribution in [3.8, 4) is 0 Å². The number of ether oxygens (including phenoxy) is 1. The quantitative estimate of drug-likeness (QED) is 0.717. The first-order chi connectivity index (χ1) is 7.04. The monoisotopic (exact) mass is 215 g/mol. The molecule has 0 saturated carbocycles. The lowest BCUT2D eigenvalue weighted by Crippen LogP contribution is -2.40. The number of hydrogen-bond acceptors (Lipinski definition) is 3. The predicted octanol–water partition coefficient (Wildman–Crippen LogP) is 0.533. The van der Waals surface area contributed by atoms with E-state index >= 15 is 0 Å². The Morgan fingerprint density at radius 2 is 2.07 bits per heavy atom. The van der Waals surface area contributed by atoms with E-state index in [-0.39, 0.29) is 11.9 Å². The number of carboxylic acid groups (broad SMARTS) is 1. The second-order valence-corrected chi connectivity index (χ2v) is 3.85. The summed E-state index contributed by atoms with van der Waals surface area (Å²) in [7, 11) is 0. The van der Waals surface area contributed by atoms with Crippen molar-refractivity contribution in [1.82, 2.24) is 5.32 Å². The van der Waals surface area contributed by atoms with Crippen LogP contribution in [0.25, 0.3) is 0 Å². The SMILES string of the molecule is CCC(C)NC(=O)[C@@H]1CC[C@H](C(=O)O)O1. The molecule has 1 aliphatic rings.